The van der Waals surface area contributed by atoms with Crippen LogP contribution in [-0.2, 0) is 14.2 Å². The molecule has 49 heavy (non-hydrogen) atoms. The van der Waals surface area contributed by atoms with E-state index in [0.29, 0.717) is 12.2 Å². The van der Waals surface area contributed by atoms with Gasteiger partial charge < -0.3 is 23.3 Å². The van der Waals surface area contributed by atoms with Gasteiger partial charge in [0, 0.05) is 29.4 Å². The van der Waals surface area contributed by atoms with Crippen LogP contribution in [0.1, 0.15) is 88.5 Å². The zero-order valence-corrected chi connectivity index (χ0v) is 31.2. The lowest BCUT2D eigenvalue weighted by molar-refractivity contribution is 0.0352. The number of hydrogen-bond donors (Lipinski definition) is 1. The summed E-state index contributed by atoms with van der Waals surface area (Å²) in [7, 11) is 0. The molecule has 0 atom stereocenters. The van der Waals surface area contributed by atoms with Gasteiger partial charge in [0.1, 0.15) is 28.2 Å². The van der Waals surface area contributed by atoms with Crippen molar-refractivity contribution in [2.45, 2.75) is 110 Å². The van der Waals surface area contributed by atoms with E-state index in [4.69, 9.17) is 23.9 Å². The predicted octanol–water partition coefficient (Wildman–Crippen LogP) is 8.72. The number of hydrogen-bond acceptors (Lipinski definition) is 9. The summed E-state index contributed by atoms with van der Waals surface area (Å²) in [5, 5.41) is 2.42. The van der Waals surface area contributed by atoms with Crippen LogP contribution in [0.3, 0.4) is 0 Å². The number of amides is 3. The first kappa shape index (κ1) is 39.2. The number of nitrogens with zero attached hydrogens (tertiary/aromatic N) is 4. The fourth-order valence-electron chi connectivity index (χ4n) is 4.19. The number of carbonyl (C=O) groups excluding carboxylic acids is 3. The third-order valence-electron chi connectivity index (χ3n) is 6.21. The number of aromatic nitrogens is 2. The number of unbranched alkanes of at least 4 members (excludes halogenated alkanes) is 1. The van der Waals surface area contributed by atoms with Crippen LogP contribution in [0.4, 0.5) is 14.4 Å². The van der Waals surface area contributed by atoms with Crippen LogP contribution >= 0.6 is 11.8 Å². The van der Waals surface area contributed by atoms with E-state index in [0.717, 1.165) is 27.6 Å². The monoisotopic (exact) mass is 697 g/mol. The van der Waals surface area contributed by atoms with Crippen LogP contribution in [0.2, 0.25) is 0 Å². The number of thioether (sulfide) groups is 1. The topological polar surface area (TPSA) is 133 Å². The molecule has 0 saturated carbocycles. The molecule has 0 spiro atoms. The van der Waals surface area contributed by atoms with Crippen LogP contribution in [0.5, 0.6) is 5.75 Å². The highest BCUT2D eigenvalue weighted by molar-refractivity contribution is 7.99. The lowest BCUT2D eigenvalue weighted by atomic mass is 10.2. The van der Waals surface area contributed by atoms with Crippen molar-refractivity contribution in [3.63, 3.8) is 0 Å². The minimum absolute atomic E-state index is 0.00953. The van der Waals surface area contributed by atoms with Crippen molar-refractivity contribution < 1.29 is 33.3 Å². The Morgan fingerprint density at radius 2 is 1.51 bits per heavy atom. The Labute approximate surface area is 293 Å². The van der Waals surface area contributed by atoms with E-state index in [2.05, 4.69) is 29.5 Å². The Morgan fingerprint density at radius 3 is 2.12 bits per heavy atom. The summed E-state index contributed by atoms with van der Waals surface area (Å²) in [6.45, 7) is 17.6. The Kier molecular flexibility index (Phi) is 13.5. The molecule has 0 aliphatic heterocycles. The number of guanidine groups is 1. The van der Waals surface area contributed by atoms with Gasteiger partial charge >= 0.3 is 18.3 Å². The molecule has 0 fully saturated rings. The van der Waals surface area contributed by atoms with Crippen molar-refractivity contribution in [1.29, 1.82) is 0 Å². The van der Waals surface area contributed by atoms with Crippen LogP contribution in [0.25, 0.3) is 16.9 Å². The third-order valence-corrected chi connectivity index (χ3v) is 7.28. The number of ether oxygens (including phenoxy) is 4. The Bertz CT molecular complexity index is 1600. The molecule has 0 radical (unpaired) electrons. The maximum atomic E-state index is 13.3. The molecule has 3 aromatic rings. The maximum absolute atomic E-state index is 13.3. The molecule has 3 rings (SSSR count). The predicted molar refractivity (Wildman–Crippen MR) is 192 cm³/mol. The van der Waals surface area contributed by atoms with E-state index in [-0.39, 0.29) is 19.1 Å². The number of rotatable bonds is 10. The van der Waals surface area contributed by atoms with Gasteiger partial charge in [-0.15, -0.1) is 16.8 Å². The molecule has 12 nitrogen and oxygen atoms in total. The van der Waals surface area contributed by atoms with E-state index < -0.39 is 35.1 Å². The molecular formula is C36H51N5O7S. The second-order valence-electron chi connectivity index (χ2n) is 14.4. The largest absolute Gasteiger partial charge is 0.494 e. The lowest BCUT2D eigenvalue weighted by Gasteiger charge is -2.29. The van der Waals surface area contributed by atoms with E-state index in [9.17, 15) is 14.4 Å². The highest BCUT2D eigenvalue weighted by Crippen LogP contribution is 2.25. The lowest BCUT2D eigenvalue weighted by Crippen LogP contribution is -2.51. The molecule has 1 aromatic carbocycles. The van der Waals surface area contributed by atoms with Crippen LogP contribution < -0.4 is 10.1 Å². The summed E-state index contributed by atoms with van der Waals surface area (Å²) in [6, 6.07) is 11.7. The average Bonchev–Trinajstić information content (AvgIpc) is 3.38. The van der Waals surface area contributed by atoms with E-state index in [1.807, 2.05) is 52.7 Å². The van der Waals surface area contributed by atoms with Crippen LogP contribution in [0.15, 0.2) is 58.7 Å². The summed E-state index contributed by atoms with van der Waals surface area (Å²) < 4.78 is 24.3. The second-order valence-corrected chi connectivity index (χ2v) is 15.5. The van der Waals surface area contributed by atoms with Gasteiger partial charge in [0.25, 0.3) is 0 Å². The highest BCUT2D eigenvalue weighted by atomic mass is 32.2. The van der Waals surface area contributed by atoms with Crippen molar-refractivity contribution >= 4 is 41.6 Å². The minimum Gasteiger partial charge on any atom is -0.494 e. The summed E-state index contributed by atoms with van der Waals surface area (Å²) in [6.07, 6.45) is 4.05. The third kappa shape index (κ3) is 14.0. The summed E-state index contributed by atoms with van der Waals surface area (Å²) in [5.74, 6) is 1.33. The smallest absolute Gasteiger partial charge is 0.437 e. The van der Waals surface area contributed by atoms with Gasteiger partial charge in [-0.2, -0.15) is 0 Å². The number of carbonyl (C=O) groups is 3. The van der Waals surface area contributed by atoms with E-state index in [1.54, 1.807) is 62.3 Å². The fraction of sp³-hybridized carbons (Fsp3) is 0.528. The highest BCUT2D eigenvalue weighted by Gasteiger charge is 2.30. The van der Waals surface area contributed by atoms with E-state index >= 15 is 0 Å². The normalized spacial score (nSPS) is 12.4. The first-order chi connectivity index (χ1) is 22.8. The number of nitrogens with one attached hydrogen (secondary N) is 1. The van der Waals surface area contributed by atoms with Gasteiger partial charge in [-0.3, -0.25) is 5.32 Å². The summed E-state index contributed by atoms with van der Waals surface area (Å²) in [5.41, 5.74) is 0.101. The quantitative estimate of drug-likeness (QED) is 0.0726. The Hall–Kier alpha value is -4.26. The van der Waals surface area contributed by atoms with E-state index in [1.165, 1.54) is 17.7 Å². The number of imidazole rings is 1. The van der Waals surface area contributed by atoms with Gasteiger partial charge in [-0.05, 0) is 117 Å². The van der Waals surface area contributed by atoms with Crippen LogP contribution in [-0.4, -0.2) is 74.2 Å². The van der Waals surface area contributed by atoms with Crippen molar-refractivity contribution in [2.24, 2.45) is 4.99 Å². The van der Waals surface area contributed by atoms with Crippen molar-refractivity contribution in [3.8, 4) is 17.0 Å². The van der Waals surface area contributed by atoms with Gasteiger partial charge in [-0.25, -0.2) is 24.3 Å². The molecule has 0 aliphatic rings. The van der Waals surface area contributed by atoms with Gasteiger partial charge in [0.15, 0.2) is 0 Å². The summed E-state index contributed by atoms with van der Waals surface area (Å²) >= 11 is 1.85. The Morgan fingerprint density at radius 1 is 0.857 bits per heavy atom. The van der Waals surface area contributed by atoms with Crippen LogP contribution in [0, 0.1) is 0 Å². The van der Waals surface area contributed by atoms with Crippen molar-refractivity contribution in [3.05, 3.63) is 48.8 Å². The molecule has 0 aliphatic carbocycles. The number of aliphatic imine (C=N–C) groups is 1. The standard InChI is InChI=1S/C36H51N5O7S/c1-11-12-22-49-27-18-19-29-37-28(24-40(29)23-27)25-14-16-26(17-15-25)45-21-13-20-41(33(44)48-36(8,9)10)30(38-31(42)46-34(2,3)4)39-32(43)47-35(5,6)7/h14-19,23-24H,11-13,20-22H2,1-10H3,(H,38,39,42,43). The molecule has 0 saturated heterocycles. The van der Waals surface area contributed by atoms with Gasteiger partial charge in [0.05, 0.1) is 12.3 Å². The van der Waals surface area contributed by atoms with Gasteiger partial charge in [0.2, 0.25) is 5.96 Å². The molecular weight excluding hydrogens is 646 g/mol. The molecule has 0 bridgehead atoms. The SMILES string of the molecule is CCCCSc1ccc2nc(-c3ccc(OCCCN(C(=O)OC(C)(C)C)/C(=N\C(=O)OC(C)(C)C)NC(=O)OC(C)(C)C)cc3)cn2c1. The summed E-state index contributed by atoms with van der Waals surface area (Å²) in [4.78, 5) is 49.7. The van der Waals surface area contributed by atoms with Crippen molar-refractivity contribution in [1.82, 2.24) is 19.6 Å². The fourth-order valence-corrected chi connectivity index (χ4v) is 5.21. The average molecular weight is 698 g/mol. The van der Waals surface area contributed by atoms with Gasteiger partial charge in [-0.1, -0.05) is 13.3 Å². The molecule has 268 valence electrons. The second kappa shape index (κ2) is 16.9. The first-order valence-corrected chi connectivity index (χ1v) is 17.5. The maximum Gasteiger partial charge on any atom is 0.437 e. The molecule has 0 unspecified atom stereocenters. The van der Waals surface area contributed by atoms with Crippen molar-refractivity contribution in [2.75, 3.05) is 18.9 Å². The Balaban J connectivity index is 1.72. The molecule has 2 heterocycles. The number of pyridine rings is 1. The molecule has 13 heteroatoms. The minimum atomic E-state index is -1.000. The molecule has 1 N–H and O–H groups in total. The number of alkyl carbamates (subject to hydrolysis) is 1. The number of benzene rings is 1. The zero-order chi connectivity index (χ0) is 36.4. The first-order valence-electron chi connectivity index (χ1n) is 16.5. The molecule has 3 amide bonds. The number of fused-ring (bicyclic) bond motifs is 1. The molecule has 2 aromatic heterocycles. The zero-order valence-electron chi connectivity index (χ0n) is 30.4.